The molecule has 2 fully saturated rings. The molecule has 2 aromatic rings. The summed E-state index contributed by atoms with van der Waals surface area (Å²) in [7, 11) is 0. The van der Waals surface area contributed by atoms with Gasteiger partial charge in [-0.1, -0.05) is 0 Å². The molecular weight excluding hydrogens is 422 g/mol. The third-order valence-electron chi connectivity index (χ3n) is 6.70. The van der Waals surface area contributed by atoms with Crippen molar-refractivity contribution in [2.24, 2.45) is 5.10 Å². The molecule has 9 heteroatoms. The molecule has 0 N–H and O–H groups in total. The van der Waals surface area contributed by atoms with Crippen LogP contribution in [-0.2, 0) is 9.59 Å². The molecule has 0 saturated carbocycles. The molecular formula is C24H31N5O4. The Morgan fingerprint density at radius 2 is 1.55 bits per heavy atom. The standard InChI is InChI=1S/C24H31N5O4/c30-23(28-10-1-2-11-28)17-26-8-5-9-27(13-12-26)18-24(31)29-20(22-7-4-15-33-22)16-19(25-29)21-6-3-14-32-21/h3-4,6-7,14-15,20H,1-2,5,8-13,16-18H2. The van der Waals surface area contributed by atoms with Crippen molar-refractivity contribution < 1.29 is 18.4 Å². The molecule has 2 amide bonds. The van der Waals surface area contributed by atoms with Gasteiger partial charge in [0, 0.05) is 32.6 Å². The van der Waals surface area contributed by atoms with Gasteiger partial charge in [0.05, 0.1) is 25.6 Å². The molecule has 3 aliphatic heterocycles. The predicted octanol–water partition coefficient (Wildman–Crippen LogP) is 2.18. The summed E-state index contributed by atoms with van der Waals surface area (Å²) in [5.74, 6) is 1.57. The number of amides is 2. The van der Waals surface area contributed by atoms with Crippen molar-refractivity contribution in [2.45, 2.75) is 31.7 Å². The van der Waals surface area contributed by atoms with Gasteiger partial charge in [-0.15, -0.1) is 0 Å². The van der Waals surface area contributed by atoms with Gasteiger partial charge in [-0.2, -0.15) is 5.10 Å². The highest BCUT2D eigenvalue weighted by atomic mass is 16.3. The van der Waals surface area contributed by atoms with Crippen LogP contribution in [0, 0.1) is 0 Å². The van der Waals surface area contributed by atoms with Crippen LogP contribution in [0.15, 0.2) is 50.7 Å². The highest BCUT2D eigenvalue weighted by molar-refractivity contribution is 6.01. The number of likely N-dealkylation sites (tertiary alicyclic amines) is 1. The largest absolute Gasteiger partial charge is 0.467 e. The topological polar surface area (TPSA) is 85.7 Å². The monoisotopic (exact) mass is 453 g/mol. The summed E-state index contributed by atoms with van der Waals surface area (Å²) in [6, 6.07) is 7.12. The Morgan fingerprint density at radius 3 is 2.21 bits per heavy atom. The van der Waals surface area contributed by atoms with Crippen LogP contribution in [0.2, 0.25) is 0 Å². The quantitative estimate of drug-likeness (QED) is 0.667. The first-order valence-corrected chi connectivity index (χ1v) is 11.9. The van der Waals surface area contributed by atoms with Gasteiger partial charge in [-0.3, -0.25) is 19.4 Å². The Morgan fingerprint density at radius 1 is 0.848 bits per heavy atom. The van der Waals surface area contributed by atoms with Crippen LogP contribution in [0.4, 0.5) is 0 Å². The Kier molecular flexibility index (Phi) is 6.59. The average molecular weight is 454 g/mol. The van der Waals surface area contributed by atoms with Crippen molar-refractivity contribution in [1.29, 1.82) is 0 Å². The molecule has 0 aliphatic carbocycles. The second-order valence-electron chi connectivity index (χ2n) is 8.99. The van der Waals surface area contributed by atoms with Gasteiger partial charge in [-0.25, -0.2) is 5.01 Å². The molecule has 0 radical (unpaired) electrons. The number of carbonyl (C=O) groups is 2. The minimum atomic E-state index is -0.269. The van der Waals surface area contributed by atoms with Gasteiger partial charge in [0.1, 0.15) is 23.3 Å². The molecule has 0 aromatic carbocycles. The minimum absolute atomic E-state index is 0.0560. The van der Waals surface area contributed by atoms with E-state index in [-0.39, 0.29) is 17.9 Å². The number of hydrogen-bond donors (Lipinski definition) is 0. The van der Waals surface area contributed by atoms with Gasteiger partial charge >= 0.3 is 0 Å². The molecule has 9 nitrogen and oxygen atoms in total. The van der Waals surface area contributed by atoms with E-state index in [4.69, 9.17) is 8.83 Å². The Hall–Kier alpha value is -2.91. The van der Waals surface area contributed by atoms with Gasteiger partial charge in [0.2, 0.25) is 5.91 Å². The SMILES string of the molecule is O=C(CN1CCCN(CC(=O)N2N=C(c3ccco3)CC2c2ccco2)CC1)N1CCCC1. The molecule has 2 saturated heterocycles. The molecule has 3 aliphatic rings. The normalized spacial score (nSPS) is 22.5. The maximum atomic E-state index is 13.3. The van der Waals surface area contributed by atoms with E-state index >= 15 is 0 Å². The van der Waals surface area contributed by atoms with Gasteiger partial charge < -0.3 is 13.7 Å². The second kappa shape index (κ2) is 9.93. The molecule has 1 unspecified atom stereocenters. The van der Waals surface area contributed by atoms with Crippen LogP contribution in [-0.4, -0.2) is 89.6 Å². The molecule has 5 rings (SSSR count). The highest BCUT2D eigenvalue weighted by Gasteiger charge is 2.36. The van der Waals surface area contributed by atoms with Crippen LogP contribution in [0.1, 0.15) is 43.2 Å². The lowest BCUT2D eigenvalue weighted by Crippen LogP contribution is -2.42. The fourth-order valence-electron chi connectivity index (χ4n) is 4.90. The maximum Gasteiger partial charge on any atom is 0.257 e. The molecule has 1 atom stereocenters. The van der Waals surface area contributed by atoms with E-state index < -0.39 is 0 Å². The van der Waals surface area contributed by atoms with E-state index in [1.165, 1.54) is 0 Å². The first-order valence-electron chi connectivity index (χ1n) is 11.9. The number of nitrogens with zero attached hydrogens (tertiary/aromatic N) is 5. The van der Waals surface area contributed by atoms with Crippen molar-refractivity contribution >= 4 is 17.5 Å². The molecule has 2 aromatic heterocycles. The molecule has 33 heavy (non-hydrogen) atoms. The van der Waals surface area contributed by atoms with E-state index in [0.717, 1.165) is 70.0 Å². The lowest BCUT2D eigenvalue weighted by molar-refractivity contribution is -0.135. The summed E-state index contributed by atoms with van der Waals surface area (Å²) < 4.78 is 11.1. The van der Waals surface area contributed by atoms with Crippen LogP contribution < -0.4 is 0 Å². The number of hydrazone groups is 1. The second-order valence-corrected chi connectivity index (χ2v) is 8.99. The zero-order chi connectivity index (χ0) is 22.6. The van der Waals surface area contributed by atoms with Crippen LogP contribution in [0.25, 0.3) is 0 Å². The number of hydrogen-bond acceptors (Lipinski definition) is 7. The van der Waals surface area contributed by atoms with Crippen molar-refractivity contribution in [3.63, 3.8) is 0 Å². The summed E-state index contributed by atoms with van der Waals surface area (Å²) in [5.41, 5.74) is 0.747. The summed E-state index contributed by atoms with van der Waals surface area (Å²) in [6.45, 7) is 5.80. The molecule has 0 bridgehead atoms. The summed E-state index contributed by atoms with van der Waals surface area (Å²) in [4.78, 5) is 32.2. The van der Waals surface area contributed by atoms with E-state index in [2.05, 4.69) is 14.9 Å². The molecule has 5 heterocycles. The van der Waals surface area contributed by atoms with Crippen molar-refractivity contribution in [3.8, 4) is 0 Å². The average Bonchev–Trinajstić information content (AvgIpc) is 3.62. The Balaban J connectivity index is 1.20. The first-order chi connectivity index (χ1) is 16.2. The number of furan rings is 2. The first kappa shape index (κ1) is 21.9. The van der Waals surface area contributed by atoms with Crippen LogP contribution in [0.5, 0.6) is 0 Å². The molecule has 0 spiro atoms. The summed E-state index contributed by atoms with van der Waals surface area (Å²) in [6.07, 6.45) is 6.95. The van der Waals surface area contributed by atoms with Crippen molar-refractivity contribution in [1.82, 2.24) is 19.7 Å². The lowest BCUT2D eigenvalue weighted by Gasteiger charge is -2.25. The van der Waals surface area contributed by atoms with Gasteiger partial charge in [0.15, 0.2) is 0 Å². The zero-order valence-electron chi connectivity index (χ0n) is 18.9. The Bertz CT molecular complexity index is 965. The smallest absolute Gasteiger partial charge is 0.257 e. The fourth-order valence-corrected chi connectivity index (χ4v) is 4.90. The van der Waals surface area contributed by atoms with E-state index in [9.17, 15) is 9.59 Å². The minimum Gasteiger partial charge on any atom is -0.467 e. The maximum absolute atomic E-state index is 13.3. The number of carbonyl (C=O) groups excluding carboxylic acids is 2. The lowest BCUT2D eigenvalue weighted by atomic mass is 10.1. The van der Waals surface area contributed by atoms with Crippen LogP contribution >= 0.6 is 0 Å². The van der Waals surface area contributed by atoms with E-state index in [0.29, 0.717) is 25.3 Å². The van der Waals surface area contributed by atoms with Gasteiger partial charge in [-0.05, 0) is 56.6 Å². The van der Waals surface area contributed by atoms with Gasteiger partial charge in [0.25, 0.3) is 5.91 Å². The molecule has 176 valence electrons. The number of rotatable bonds is 6. The zero-order valence-corrected chi connectivity index (χ0v) is 18.9. The Labute approximate surface area is 193 Å². The fraction of sp³-hybridized carbons (Fsp3) is 0.542. The predicted molar refractivity (Wildman–Crippen MR) is 121 cm³/mol. The van der Waals surface area contributed by atoms with E-state index in [1.54, 1.807) is 17.5 Å². The van der Waals surface area contributed by atoms with Crippen molar-refractivity contribution in [3.05, 3.63) is 48.3 Å². The van der Waals surface area contributed by atoms with Crippen molar-refractivity contribution in [2.75, 3.05) is 52.4 Å². The summed E-state index contributed by atoms with van der Waals surface area (Å²) >= 11 is 0. The third-order valence-corrected chi connectivity index (χ3v) is 6.70. The third kappa shape index (κ3) is 5.04. The van der Waals surface area contributed by atoms with E-state index in [1.807, 2.05) is 29.2 Å². The van der Waals surface area contributed by atoms with Crippen LogP contribution in [0.3, 0.4) is 0 Å². The highest BCUT2D eigenvalue weighted by Crippen LogP contribution is 2.33. The summed E-state index contributed by atoms with van der Waals surface area (Å²) in [5, 5.41) is 6.17.